The second-order valence-corrected chi connectivity index (χ2v) is 6.91. The minimum atomic E-state index is -0.854. The number of methoxy groups -OCH3 is 1. The molecule has 0 fully saturated rings. The summed E-state index contributed by atoms with van der Waals surface area (Å²) in [5.41, 5.74) is 1.60. The number of esters is 2. The van der Waals surface area contributed by atoms with E-state index in [4.69, 9.17) is 14.2 Å². The molecule has 1 unspecified atom stereocenters. The number of allylic oxidation sites excluding steroid dienone is 1. The van der Waals surface area contributed by atoms with E-state index in [0.29, 0.717) is 29.8 Å². The number of hydrogen-bond donors (Lipinski definition) is 1. The van der Waals surface area contributed by atoms with Gasteiger partial charge in [0.05, 0.1) is 25.9 Å². The van der Waals surface area contributed by atoms with Gasteiger partial charge < -0.3 is 19.3 Å². The lowest BCUT2D eigenvalue weighted by Gasteiger charge is -2.32. The van der Waals surface area contributed by atoms with E-state index in [1.807, 2.05) is 13.8 Å². The van der Waals surface area contributed by atoms with Gasteiger partial charge in [-0.2, -0.15) is 0 Å². The third kappa shape index (κ3) is 4.78. The van der Waals surface area contributed by atoms with Gasteiger partial charge in [0.2, 0.25) is 0 Å². The second kappa shape index (κ2) is 10.1. The lowest BCUT2D eigenvalue weighted by molar-refractivity contribution is -0.146. The van der Waals surface area contributed by atoms with Crippen molar-refractivity contribution in [1.29, 1.82) is 0 Å². The number of aliphatic imine (C=N–C) groups is 1. The first-order valence-corrected chi connectivity index (χ1v) is 9.82. The van der Waals surface area contributed by atoms with Gasteiger partial charge in [0.15, 0.2) is 11.5 Å². The Bertz CT molecular complexity index is 827. The molecule has 0 radical (unpaired) electrons. The van der Waals surface area contributed by atoms with E-state index in [-0.39, 0.29) is 30.3 Å². The number of aromatic hydroxyl groups is 1. The van der Waals surface area contributed by atoms with Crippen LogP contribution in [0, 0.1) is 5.92 Å². The highest BCUT2D eigenvalue weighted by atomic mass is 16.5. The number of ether oxygens (including phenoxy) is 3. The number of hydrogen-bond acceptors (Lipinski definition) is 7. The third-order valence-corrected chi connectivity index (χ3v) is 4.77. The molecule has 1 heterocycles. The van der Waals surface area contributed by atoms with E-state index in [0.717, 1.165) is 0 Å². The minimum absolute atomic E-state index is 0.128. The third-order valence-electron chi connectivity index (χ3n) is 4.77. The fourth-order valence-electron chi connectivity index (χ4n) is 3.46. The van der Waals surface area contributed by atoms with Crippen LogP contribution in [0.5, 0.6) is 11.5 Å². The van der Waals surface area contributed by atoms with Gasteiger partial charge in [-0.05, 0) is 32.8 Å². The number of nitrogens with zero attached hydrogens (tertiary/aromatic N) is 1. The lowest BCUT2D eigenvalue weighted by atomic mass is 9.75. The molecule has 0 bridgehead atoms. The molecular weight excluding hydrogens is 374 g/mol. The Balaban J connectivity index is 2.64. The van der Waals surface area contributed by atoms with Crippen LogP contribution in [0.15, 0.2) is 34.5 Å². The van der Waals surface area contributed by atoms with Crippen molar-refractivity contribution in [3.05, 3.63) is 35.0 Å². The molecular formula is C22H29NO6. The van der Waals surface area contributed by atoms with Crippen LogP contribution in [0.2, 0.25) is 0 Å². The van der Waals surface area contributed by atoms with Gasteiger partial charge in [-0.15, -0.1) is 0 Å². The number of carbonyl (C=O) groups excluding carboxylic acids is 2. The molecule has 1 aromatic rings. The van der Waals surface area contributed by atoms with E-state index in [9.17, 15) is 14.7 Å². The fraction of sp³-hybridized carbons (Fsp3) is 0.500. The molecule has 0 aliphatic carbocycles. The maximum absolute atomic E-state index is 12.9. The van der Waals surface area contributed by atoms with Gasteiger partial charge >= 0.3 is 11.9 Å². The SMILES string of the molecule is CCCOC(=O)C1=C(C)N=C(C)C(C(=O)OCCC)[C@H]1c1cccc(OC)c1O. The lowest BCUT2D eigenvalue weighted by Crippen LogP contribution is -2.36. The van der Waals surface area contributed by atoms with Crippen LogP contribution in [0.25, 0.3) is 0 Å². The Kier molecular flexibility index (Phi) is 7.82. The minimum Gasteiger partial charge on any atom is -0.504 e. The first-order valence-electron chi connectivity index (χ1n) is 9.82. The zero-order chi connectivity index (χ0) is 21.6. The van der Waals surface area contributed by atoms with E-state index < -0.39 is 23.8 Å². The van der Waals surface area contributed by atoms with Gasteiger partial charge in [0.1, 0.15) is 5.92 Å². The van der Waals surface area contributed by atoms with Gasteiger partial charge in [-0.3, -0.25) is 9.79 Å². The average Bonchev–Trinajstić information content (AvgIpc) is 2.69. The number of para-hydroxylation sites is 1. The maximum Gasteiger partial charge on any atom is 0.336 e. The Morgan fingerprint density at radius 2 is 1.76 bits per heavy atom. The van der Waals surface area contributed by atoms with Crippen molar-refractivity contribution in [3.63, 3.8) is 0 Å². The monoisotopic (exact) mass is 403 g/mol. The first-order chi connectivity index (χ1) is 13.9. The van der Waals surface area contributed by atoms with Crippen molar-refractivity contribution in [1.82, 2.24) is 0 Å². The number of rotatable bonds is 8. The summed E-state index contributed by atoms with van der Waals surface area (Å²) in [5, 5.41) is 10.8. The highest BCUT2D eigenvalue weighted by molar-refractivity contribution is 6.07. The number of carbonyl (C=O) groups is 2. The number of benzene rings is 1. The Morgan fingerprint density at radius 1 is 1.10 bits per heavy atom. The number of phenolic OH excluding ortho intramolecular Hbond substituents is 1. The predicted octanol–water partition coefficient (Wildman–Crippen LogP) is 3.76. The maximum atomic E-state index is 12.9. The van der Waals surface area contributed by atoms with Crippen molar-refractivity contribution in [2.45, 2.75) is 46.5 Å². The van der Waals surface area contributed by atoms with Gasteiger partial charge in [0, 0.05) is 22.9 Å². The molecule has 0 spiro atoms. The molecule has 1 N–H and O–H groups in total. The molecule has 2 rings (SSSR count). The average molecular weight is 403 g/mol. The summed E-state index contributed by atoms with van der Waals surface area (Å²) >= 11 is 0. The summed E-state index contributed by atoms with van der Waals surface area (Å²) < 4.78 is 16.0. The van der Waals surface area contributed by atoms with E-state index in [2.05, 4.69) is 4.99 Å². The summed E-state index contributed by atoms with van der Waals surface area (Å²) in [7, 11) is 1.44. The van der Waals surface area contributed by atoms with E-state index >= 15 is 0 Å². The van der Waals surface area contributed by atoms with Crippen LogP contribution < -0.4 is 4.74 Å². The topological polar surface area (TPSA) is 94.4 Å². The molecule has 0 saturated carbocycles. The van der Waals surface area contributed by atoms with Crippen molar-refractivity contribution >= 4 is 17.7 Å². The van der Waals surface area contributed by atoms with E-state index in [1.54, 1.807) is 32.0 Å². The zero-order valence-electron chi connectivity index (χ0n) is 17.7. The molecule has 0 amide bonds. The van der Waals surface area contributed by atoms with Gasteiger partial charge in [0.25, 0.3) is 0 Å². The summed E-state index contributed by atoms with van der Waals surface area (Å²) in [5.74, 6) is -2.57. The molecule has 7 heteroatoms. The summed E-state index contributed by atoms with van der Waals surface area (Å²) in [6.45, 7) is 7.73. The molecule has 0 saturated heterocycles. The summed E-state index contributed by atoms with van der Waals surface area (Å²) in [6, 6.07) is 4.98. The van der Waals surface area contributed by atoms with Crippen molar-refractivity contribution in [3.8, 4) is 11.5 Å². The van der Waals surface area contributed by atoms with Crippen LogP contribution in [0.3, 0.4) is 0 Å². The molecule has 158 valence electrons. The van der Waals surface area contributed by atoms with Crippen LogP contribution in [0.4, 0.5) is 0 Å². The summed E-state index contributed by atoms with van der Waals surface area (Å²) in [6.07, 6.45) is 1.33. The molecule has 1 aliphatic rings. The Hall–Kier alpha value is -2.83. The largest absolute Gasteiger partial charge is 0.504 e. The van der Waals surface area contributed by atoms with Crippen molar-refractivity contribution < 1.29 is 28.9 Å². The molecule has 29 heavy (non-hydrogen) atoms. The van der Waals surface area contributed by atoms with Gasteiger partial charge in [-0.1, -0.05) is 26.0 Å². The summed E-state index contributed by atoms with van der Waals surface area (Å²) in [4.78, 5) is 30.2. The van der Waals surface area contributed by atoms with Crippen LogP contribution in [-0.4, -0.2) is 43.1 Å². The van der Waals surface area contributed by atoms with Crippen molar-refractivity contribution in [2.75, 3.05) is 20.3 Å². The first kappa shape index (κ1) is 22.5. The van der Waals surface area contributed by atoms with Gasteiger partial charge in [-0.25, -0.2) is 4.79 Å². The highest BCUT2D eigenvalue weighted by Gasteiger charge is 2.43. The molecule has 0 aromatic heterocycles. The molecule has 1 aliphatic heterocycles. The van der Waals surface area contributed by atoms with Crippen LogP contribution in [-0.2, 0) is 19.1 Å². The second-order valence-electron chi connectivity index (χ2n) is 6.91. The fourth-order valence-corrected chi connectivity index (χ4v) is 3.46. The van der Waals surface area contributed by atoms with Crippen LogP contribution in [0.1, 0.15) is 52.0 Å². The molecule has 2 atom stereocenters. The number of phenols is 1. The molecule has 1 aromatic carbocycles. The Morgan fingerprint density at radius 3 is 2.38 bits per heavy atom. The molecule has 7 nitrogen and oxygen atoms in total. The van der Waals surface area contributed by atoms with E-state index in [1.165, 1.54) is 7.11 Å². The standard InChI is InChI=1S/C22H29NO6/c1-6-11-28-21(25)17-13(3)23-14(4)18(22(26)29-12-7-2)19(17)15-9-8-10-16(27-5)20(15)24/h8-10,17,19,24H,6-7,11-12H2,1-5H3/t17?,19-/m1/s1. The predicted molar refractivity (Wildman–Crippen MR) is 109 cm³/mol. The normalized spacial score (nSPS) is 18.9. The van der Waals surface area contributed by atoms with Crippen LogP contribution >= 0.6 is 0 Å². The quantitative estimate of drug-likeness (QED) is 0.664. The highest BCUT2D eigenvalue weighted by Crippen LogP contribution is 2.45. The smallest absolute Gasteiger partial charge is 0.336 e. The Labute approximate surface area is 171 Å². The van der Waals surface area contributed by atoms with Crippen molar-refractivity contribution in [2.24, 2.45) is 10.9 Å². The zero-order valence-corrected chi connectivity index (χ0v) is 17.7.